The maximum atomic E-state index is 11.9. The van der Waals surface area contributed by atoms with E-state index in [2.05, 4.69) is 10.3 Å². The van der Waals surface area contributed by atoms with E-state index < -0.39 is 11.8 Å². The number of primary amides is 1. The molecule has 2 aromatic rings. The van der Waals surface area contributed by atoms with Gasteiger partial charge in [-0.3, -0.25) is 9.59 Å². The summed E-state index contributed by atoms with van der Waals surface area (Å²) in [5.41, 5.74) is 6.45. The van der Waals surface area contributed by atoms with E-state index in [1.165, 1.54) is 11.3 Å². The van der Waals surface area contributed by atoms with Gasteiger partial charge in [-0.15, -0.1) is 11.3 Å². The van der Waals surface area contributed by atoms with Crippen LogP contribution in [0.25, 0.3) is 10.4 Å². The summed E-state index contributed by atoms with van der Waals surface area (Å²) in [6.07, 6.45) is 0. The number of amides is 2. The summed E-state index contributed by atoms with van der Waals surface area (Å²) in [5, 5.41) is 3.65. The van der Waals surface area contributed by atoms with E-state index in [-0.39, 0.29) is 11.6 Å². The molecule has 0 spiro atoms. The second kappa shape index (κ2) is 6.43. The maximum absolute atomic E-state index is 11.9. The zero-order valence-corrected chi connectivity index (χ0v) is 13.3. The topological polar surface area (TPSA) is 85.1 Å². The minimum atomic E-state index is -0.613. The van der Waals surface area contributed by atoms with Crippen LogP contribution in [0.4, 0.5) is 0 Å². The second-order valence-electron chi connectivity index (χ2n) is 4.24. The summed E-state index contributed by atoms with van der Waals surface area (Å²) >= 11 is 13.1. The number of halogens is 2. The average Bonchev–Trinajstić information content (AvgIpc) is 2.77. The molecule has 1 heterocycles. The van der Waals surface area contributed by atoms with Crippen LogP contribution in [0.15, 0.2) is 18.2 Å². The molecule has 3 N–H and O–H groups in total. The van der Waals surface area contributed by atoms with Crippen LogP contribution in [0.1, 0.15) is 15.5 Å². The first-order chi connectivity index (χ1) is 9.86. The molecular formula is C13H11Cl2N3O2S. The van der Waals surface area contributed by atoms with Crippen LogP contribution >= 0.6 is 34.5 Å². The number of aromatic nitrogens is 1. The monoisotopic (exact) mass is 343 g/mol. The Morgan fingerprint density at radius 2 is 1.90 bits per heavy atom. The van der Waals surface area contributed by atoms with Gasteiger partial charge in [-0.05, 0) is 30.7 Å². The Kier molecular flexibility index (Phi) is 4.82. The summed E-state index contributed by atoms with van der Waals surface area (Å²) in [6, 6.07) is 5.13. The highest BCUT2D eigenvalue weighted by atomic mass is 35.5. The van der Waals surface area contributed by atoms with Crippen LogP contribution in [-0.4, -0.2) is 23.3 Å². The largest absolute Gasteiger partial charge is 0.368 e. The van der Waals surface area contributed by atoms with Gasteiger partial charge in [0.1, 0.15) is 0 Å². The number of nitrogens with two attached hydrogens (primary N) is 1. The van der Waals surface area contributed by atoms with Crippen LogP contribution in [0.3, 0.4) is 0 Å². The molecule has 0 aliphatic carbocycles. The van der Waals surface area contributed by atoms with E-state index in [9.17, 15) is 9.59 Å². The van der Waals surface area contributed by atoms with E-state index in [4.69, 9.17) is 28.9 Å². The van der Waals surface area contributed by atoms with Crippen LogP contribution in [-0.2, 0) is 4.79 Å². The van der Waals surface area contributed by atoms with Crippen molar-refractivity contribution in [3.63, 3.8) is 0 Å². The van der Waals surface area contributed by atoms with Gasteiger partial charge >= 0.3 is 0 Å². The molecule has 0 radical (unpaired) electrons. The first-order valence-corrected chi connectivity index (χ1v) is 7.44. The molecule has 0 unspecified atom stereocenters. The molecule has 8 heteroatoms. The number of nitrogens with one attached hydrogen (secondary N) is 1. The number of hydrogen-bond acceptors (Lipinski definition) is 4. The van der Waals surface area contributed by atoms with E-state index in [1.54, 1.807) is 25.1 Å². The lowest BCUT2D eigenvalue weighted by atomic mass is 10.2. The number of nitrogens with zero attached hydrogens (tertiary/aromatic N) is 1. The Bertz CT molecular complexity index is 695. The van der Waals surface area contributed by atoms with E-state index >= 15 is 0 Å². The number of benzene rings is 1. The fourth-order valence-electron chi connectivity index (χ4n) is 1.69. The van der Waals surface area contributed by atoms with Gasteiger partial charge in [0.15, 0.2) is 5.01 Å². The molecule has 0 aliphatic rings. The van der Waals surface area contributed by atoms with Gasteiger partial charge in [0.25, 0.3) is 5.91 Å². The van der Waals surface area contributed by atoms with Crippen molar-refractivity contribution < 1.29 is 9.59 Å². The molecule has 0 atom stereocenters. The molecule has 110 valence electrons. The Morgan fingerprint density at radius 3 is 2.48 bits per heavy atom. The van der Waals surface area contributed by atoms with Crippen LogP contribution in [0, 0.1) is 6.92 Å². The molecule has 21 heavy (non-hydrogen) atoms. The molecule has 5 nitrogen and oxygen atoms in total. The fraction of sp³-hybridized carbons (Fsp3) is 0.154. The van der Waals surface area contributed by atoms with E-state index in [0.29, 0.717) is 15.7 Å². The van der Waals surface area contributed by atoms with Gasteiger partial charge in [-0.25, -0.2) is 4.98 Å². The predicted octanol–water partition coefficient (Wildman–Crippen LogP) is 2.64. The van der Waals surface area contributed by atoms with Crippen molar-refractivity contribution >= 4 is 46.4 Å². The Balaban J connectivity index is 2.30. The number of thiazole rings is 1. The minimum Gasteiger partial charge on any atom is -0.368 e. The van der Waals surface area contributed by atoms with Crippen molar-refractivity contribution in [2.75, 3.05) is 6.54 Å². The van der Waals surface area contributed by atoms with Gasteiger partial charge in [0.05, 0.1) is 17.1 Å². The van der Waals surface area contributed by atoms with Crippen LogP contribution in [0.2, 0.25) is 10.0 Å². The molecule has 0 aliphatic heterocycles. The third-order valence-electron chi connectivity index (χ3n) is 2.54. The van der Waals surface area contributed by atoms with Gasteiger partial charge in [0, 0.05) is 10.0 Å². The Labute approximate surface area is 135 Å². The predicted molar refractivity (Wildman–Crippen MR) is 83.8 cm³/mol. The number of carbonyl (C=O) groups is 2. The molecule has 0 fully saturated rings. The van der Waals surface area contributed by atoms with Gasteiger partial charge < -0.3 is 11.1 Å². The lowest BCUT2D eigenvalue weighted by molar-refractivity contribution is -0.117. The van der Waals surface area contributed by atoms with Gasteiger partial charge in [-0.1, -0.05) is 23.2 Å². The van der Waals surface area contributed by atoms with Crippen molar-refractivity contribution in [3.8, 4) is 10.4 Å². The van der Waals surface area contributed by atoms with Crippen molar-refractivity contribution in [2.24, 2.45) is 5.73 Å². The fourth-order valence-corrected chi connectivity index (χ4v) is 3.19. The smallest absolute Gasteiger partial charge is 0.280 e. The van der Waals surface area contributed by atoms with E-state index in [1.807, 2.05) is 0 Å². The SMILES string of the molecule is Cc1nc(C(=O)NCC(N)=O)sc1-c1cc(Cl)cc(Cl)c1. The molecule has 2 amide bonds. The molecule has 0 saturated carbocycles. The highest BCUT2D eigenvalue weighted by Gasteiger charge is 2.16. The Morgan fingerprint density at radius 1 is 1.29 bits per heavy atom. The normalized spacial score (nSPS) is 10.4. The summed E-state index contributed by atoms with van der Waals surface area (Å²) in [4.78, 5) is 27.5. The summed E-state index contributed by atoms with van der Waals surface area (Å²) in [7, 11) is 0. The van der Waals surface area contributed by atoms with Crippen molar-refractivity contribution in [2.45, 2.75) is 6.92 Å². The lowest BCUT2D eigenvalue weighted by Gasteiger charge is -2.01. The second-order valence-corrected chi connectivity index (χ2v) is 6.11. The standard InChI is InChI=1S/C13H11Cl2N3O2S/c1-6-11(7-2-8(14)4-9(15)3-7)21-13(18-6)12(20)17-5-10(16)19/h2-4H,5H2,1H3,(H2,16,19)(H,17,20). The van der Waals surface area contributed by atoms with Gasteiger partial charge in [0.2, 0.25) is 5.91 Å². The number of hydrogen-bond donors (Lipinski definition) is 2. The lowest BCUT2D eigenvalue weighted by Crippen LogP contribution is -2.33. The van der Waals surface area contributed by atoms with Crippen molar-refractivity contribution in [3.05, 3.63) is 38.9 Å². The summed E-state index contributed by atoms with van der Waals surface area (Å²) in [5.74, 6) is -1.06. The first-order valence-electron chi connectivity index (χ1n) is 5.87. The Hall–Kier alpha value is -1.63. The first kappa shape index (κ1) is 15.8. The molecule has 0 saturated heterocycles. The minimum absolute atomic E-state index is 0.226. The highest BCUT2D eigenvalue weighted by Crippen LogP contribution is 2.33. The van der Waals surface area contributed by atoms with Gasteiger partial charge in [-0.2, -0.15) is 0 Å². The average molecular weight is 344 g/mol. The van der Waals surface area contributed by atoms with Crippen molar-refractivity contribution in [1.29, 1.82) is 0 Å². The summed E-state index contributed by atoms with van der Waals surface area (Å²) in [6.45, 7) is 1.56. The molecular weight excluding hydrogens is 333 g/mol. The van der Waals surface area contributed by atoms with Crippen molar-refractivity contribution in [1.82, 2.24) is 10.3 Å². The third kappa shape index (κ3) is 3.93. The zero-order valence-electron chi connectivity index (χ0n) is 10.9. The van der Waals surface area contributed by atoms with Crippen LogP contribution < -0.4 is 11.1 Å². The zero-order chi connectivity index (χ0) is 15.6. The number of carbonyl (C=O) groups excluding carboxylic acids is 2. The molecule has 0 bridgehead atoms. The molecule has 2 rings (SSSR count). The number of aryl methyl sites for hydroxylation is 1. The quantitative estimate of drug-likeness (QED) is 0.894. The summed E-state index contributed by atoms with van der Waals surface area (Å²) < 4.78 is 0. The van der Waals surface area contributed by atoms with E-state index in [0.717, 1.165) is 10.4 Å². The molecule has 1 aromatic heterocycles. The van der Waals surface area contributed by atoms with Crippen LogP contribution in [0.5, 0.6) is 0 Å². The third-order valence-corrected chi connectivity index (χ3v) is 4.18. The number of rotatable bonds is 4. The molecule has 1 aromatic carbocycles. The maximum Gasteiger partial charge on any atom is 0.280 e. The highest BCUT2D eigenvalue weighted by molar-refractivity contribution is 7.17.